The fourth-order valence-electron chi connectivity index (χ4n) is 1.47. The van der Waals surface area contributed by atoms with Gasteiger partial charge in [-0.2, -0.15) is 0 Å². The molecule has 0 saturated heterocycles. The molecule has 0 fully saturated rings. The lowest BCUT2D eigenvalue weighted by Gasteiger charge is -2.12. The smallest absolute Gasteiger partial charge is 0.328 e. The summed E-state index contributed by atoms with van der Waals surface area (Å²) in [6.45, 7) is 1.58. The quantitative estimate of drug-likeness (QED) is 0.620. The van der Waals surface area contributed by atoms with Crippen molar-refractivity contribution >= 4 is 11.9 Å². The highest BCUT2D eigenvalue weighted by molar-refractivity contribution is 5.98. The fraction of sp³-hybridized carbons (Fsp3) is 0.286. The Morgan fingerprint density at radius 1 is 1.50 bits per heavy atom. The Labute approximate surface area is 116 Å². The maximum Gasteiger partial charge on any atom is 0.328 e. The summed E-state index contributed by atoms with van der Waals surface area (Å²) in [5.41, 5.74) is 5.63. The van der Waals surface area contributed by atoms with Gasteiger partial charge >= 0.3 is 5.97 Å². The highest BCUT2D eigenvalue weighted by Crippen LogP contribution is 2.10. The average molecular weight is 278 g/mol. The predicted molar refractivity (Wildman–Crippen MR) is 71.3 cm³/mol. The molecule has 0 aromatic heterocycles. The zero-order chi connectivity index (χ0) is 15.1. The lowest BCUT2D eigenvalue weighted by atomic mass is 10.1. The van der Waals surface area contributed by atoms with Gasteiger partial charge in [-0.25, -0.2) is 9.18 Å². The van der Waals surface area contributed by atoms with Crippen LogP contribution < -0.4 is 11.1 Å². The molecule has 1 aromatic rings. The van der Waals surface area contributed by atoms with Gasteiger partial charge in [-0.05, 0) is 25.1 Å². The minimum atomic E-state index is -0.812. The molecule has 0 radical (unpaired) electrons. The van der Waals surface area contributed by atoms with Crippen molar-refractivity contribution in [1.82, 2.24) is 5.32 Å². The average Bonchev–Trinajstić information content (AvgIpc) is 2.43. The maximum absolute atomic E-state index is 13.2. The van der Waals surface area contributed by atoms with E-state index in [1.807, 2.05) is 0 Å². The first-order valence-electron chi connectivity index (χ1n) is 5.86. The molecule has 0 aliphatic heterocycles. The molecule has 0 heterocycles. The van der Waals surface area contributed by atoms with Crippen molar-refractivity contribution in [3.63, 3.8) is 0 Å². The molecule has 106 valence electrons. The van der Waals surface area contributed by atoms with Crippen molar-refractivity contribution in [2.24, 2.45) is 5.73 Å². The van der Waals surface area contributed by atoms with Crippen LogP contribution in [0.4, 0.5) is 4.39 Å². The van der Waals surface area contributed by atoms with Gasteiger partial charge in [0.2, 0.25) is 0 Å². The maximum atomic E-state index is 13.2. The van der Waals surface area contributed by atoms with Crippen LogP contribution in [-0.4, -0.2) is 31.6 Å². The summed E-state index contributed by atoms with van der Waals surface area (Å²) in [5.74, 6) is 3.55. The van der Waals surface area contributed by atoms with Crippen molar-refractivity contribution in [3.8, 4) is 11.8 Å². The van der Waals surface area contributed by atoms with Crippen molar-refractivity contribution in [2.75, 3.05) is 13.7 Å². The first-order valence-corrected chi connectivity index (χ1v) is 5.86. The van der Waals surface area contributed by atoms with E-state index < -0.39 is 23.7 Å². The minimum absolute atomic E-state index is 0.0934. The van der Waals surface area contributed by atoms with E-state index in [2.05, 4.69) is 21.9 Å². The SMILES string of the molecule is COC(=O)C(C)NC(=O)c1ccc(F)cc1C#CCN. The van der Waals surface area contributed by atoms with Crippen LogP contribution in [0.2, 0.25) is 0 Å². The lowest BCUT2D eigenvalue weighted by molar-refractivity contribution is -0.142. The molecule has 1 unspecified atom stereocenters. The van der Waals surface area contributed by atoms with Crippen LogP contribution in [0.5, 0.6) is 0 Å². The Kier molecular flexibility index (Phi) is 5.69. The van der Waals surface area contributed by atoms with Crippen molar-refractivity contribution < 1.29 is 18.7 Å². The summed E-state index contributed by atoms with van der Waals surface area (Å²) < 4.78 is 17.7. The molecule has 0 saturated carbocycles. The summed E-state index contributed by atoms with van der Waals surface area (Å²) in [4.78, 5) is 23.3. The van der Waals surface area contributed by atoms with Gasteiger partial charge in [0.05, 0.1) is 19.2 Å². The monoisotopic (exact) mass is 278 g/mol. The Bertz CT molecular complexity index is 576. The molecular weight excluding hydrogens is 263 g/mol. The van der Waals surface area contributed by atoms with Gasteiger partial charge in [-0.3, -0.25) is 4.79 Å². The van der Waals surface area contributed by atoms with E-state index in [0.29, 0.717) is 0 Å². The van der Waals surface area contributed by atoms with Gasteiger partial charge in [0.1, 0.15) is 11.9 Å². The molecule has 0 aliphatic carbocycles. The standard InChI is InChI=1S/C14H15FN2O3/c1-9(14(19)20-2)17-13(18)12-6-5-11(15)8-10(12)4-3-7-16/h5-6,8-9H,7,16H2,1-2H3,(H,17,18). The lowest BCUT2D eigenvalue weighted by Crippen LogP contribution is -2.39. The second kappa shape index (κ2) is 7.26. The summed E-state index contributed by atoms with van der Waals surface area (Å²) >= 11 is 0. The Morgan fingerprint density at radius 3 is 2.80 bits per heavy atom. The number of halogens is 1. The Balaban J connectivity index is 3.00. The number of ether oxygens (including phenoxy) is 1. The van der Waals surface area contributed by atoms with Crippen molar-refractivity contribution in [1.29, 1.82) is 0 Å². The summed E-state index contributed by atoms with van der Waals surface area (Å²) in [5, 5.41) is 2.45. The summed E-state index contributed by atoms with van der Waals surface area (Å²) in [6.07, 6.45) is 0. The molecule has 1 atom stereocenters. The van der Waals surface area contributed by atoms with Crippen LogP contribution in [0.25, 0.3) is 0 Å². The minimum Gasteiger partial charge on any atom is -0.467 e. The van der Waals surface area contributed by atoms with Crippen LogP contribution in [0.1, 0.15) is 22.8 Å². The number of methoxy groups -OCH3 is 1. The zero-order valence-electron chi connectivity index (χ0n) is 11.2. The molecule has 0 aliphatic rings. The van der Waals surface area contributed by atoms with Crippen LogP contribution in [0, 0.1) is 17.7 Å². The van der Waals surface area contributed by atoms with Crippen LogP contribution in [0.15, 0.2) is 18.2 Å². The number of carbonyl (C=O) groups excluding carboxylic acids is 2. The molecule has 0 spiro atoms. The van der Waals surface area contributed by atoms with Crippen LogP contribution >= 0.6 is 0 Å². The first-order chi connectivity index (χ1) is 9.49. The van der Waals surface area contributed by atoms with E-state index in [4.69, 9.17) is 5.73 Å². The second-order valence-corrected chi connectivity index (χ2v) is 3.91. The predicted octanol–water partition coefficient (Wildman–Crippen LogP) is 0.427. The molecule has 6 heteroatoms. The third-order valence-corrected chi connectivity index (χ3v) is 2.45. The number of nitrogens with two attached hydrogens (primary N) is 1. The topological polar surface area (TPSA) is 81.4 Å². The van der Waals surface area contributed by atoms with E-state index >= 15 is 0 Å². The van der Waals surface area contributed by atoms with Gasteiger partial charge in [0.15, 0.2) is 0 Å². The normalized spacial score (nSPS) is 11.0. The number of amides is 1. The molecule has 0 bridgehead atoms. The summed E-state index contributed by atoms with van der Waals surface area (Å²) in [7, 11) is 1.22. The van der Waals surface area contributed by atoms with E-state index in [9.17, 15) is 14.0 Å². The number of hydrogen-bond acceptors (Lipinski definition) is 4. The number of hydrogen-bond donors (Lipinski definition) is 2. The van der Waals surface area contributed by atoms with E-state index in [1.165, 1.54) is 20.1 Å². The number of esters is 1. The van der Waals surface area contributed by atoms with Gasteiger partial charge in [-0.1, -0.05) is 11.8 Å². The Morgan fingerprint density at radius 2 is 2.20 bits per heavy atom. The molecule has 1 amide bonds. The van der Waals surface area contributed by atoms with Gasteiger partial charge in [0.25, 0.3) is 5.91 Å². The van der Waals surface area contributed by atoms with E-state index in [-0.39, 0.29) is 17.7 Å². The van der Waals surface area contributed by atoms with Gasteiger partial charge < -0.3 is 15.8 Å². The van der Waals surface area contributed by atoms with E-state index in [0.717, 1.165) is 12.1 Å². The molecule has 3 N–H and O–H groups in total. The first kappa shape index (κ1) is 15.7. The van der Waals surface area contributed by atoms with E-state index in [1.54, 1.807) is 0 Å². The van der Waals surface area contributed by atoms with Crippen molar-refractivity contribution in [2.45, 2.75) is 13.0 Å². The zero-order valence-corrected chi connectivity index (χ0v) is 11.2. The molecule has 20 heavy (non-hydrogen) atoms. The highest BCUT2D eigenvalue weighted by Gasteiger charge is 2.18. The third-order valence-electron chi connectivity index (χ3n) is 2.45. The highest BCUT2D eigenvalue weighted by atomic mass is 19.1. The number of nitrogens with one attached hydrogen (secondary N) is 1. The fourth-order valence-corrected chi connectivity index (χ4v) is 1.47. The molecule has 5 nitrogen and oxygen atoms in total. The number of carbonyl (C=O) groups is 2. The number of rotatable bonds is 3. The molecule has 1 aromatic carbocycles. The summed E-state index contributed by atoms with van der Waals surface area (Å²) in [6, 6.07) is 2.77. The Hall–Kier alpha value is -2.39. The van der Waals surface area contributed by atoms with Gasteiger partial charge in [0, 0.05) is 5.56 Å². The van der Waals surface area contributed by atoms with Gasteiger partial charge in [-0.15, -0.1) is 0 Å². The molecular formula is C14H15FN2O3. The number of benzene rings is 1. The van der Waals surface area contributed by atoms with Crippen LogP contribution in [0.3, 0.4) is 0 Å². The van der Waals surface area contributed by atoms with Crippen molar-refractivity contribution in [3.05, 3.63) is 35.1 Å². The third kappa shape index (κ3) is 4.07. The molecule has 1 rings (SSSR count). The second-order valence-electron chi connectivity index (χ2n) is 3.91. The van der Waals surface area contributed by atoms with Crippen LogP contribution in [-0.2, 0) is 9.53 Å². The largest absolute Gasteiger partial charge is 0.467 e.